The van der Waals surface area contributed by atoms with Gasteiger partial charge in [-0.05, 0) is 54.1 Å². The van der Waals surface area contributed by atoms with Crippen LogP contribution in [-0.4, -0.2) is 53.7 Å². The Labute approximate surface area is 235 Å². The molecule has 0 aromatic heterocycles. The number of carbonyl (C=O) groups excluding carboxylic acids is 4. The smallest absolute Gasteiger partial charge is 0.310 e. The quantitative estimate of drug-likeness (QED) is 0.301. The van der Waals surface area contributed by atoms with Crippen LogP contribution in [0.3, 0.4) is 0 Å². The molecule has 4 aliphatic rings. The summed E-state index contributed by atoms with van der Waals surface area (Å²) in [7, 11) is 0. The SMILES string of the molecule is CC(=O)O[C@@H]1[C@@H]2[C@H](OC(=O)Cc3ccccc3)[C@H](C)C[C@]2(OC(C)=O)C(=O)C(C)=C[C@@H]2[C@@H](CC[C@]13CO3)C2(C)C. The molecule has 3 fully saturated rings. The molecule has 1 saturated heterocycles. The van der Waals surface area contributed by atoms with Crippen LogP contribution >= 0.6 is 0 Å². The Balaban J connectivity index is 1.61. The van der Waals surface area contributed by atoms with Crippen molar-refractivity contribution in [3.8, 4) is 0 Å². The summed E-state index contributed by atoms with van der Waals surface area (Å²) < 4.78 is 24.2. The van der Waals surface area contributed by atoms with Crippen molar-refractivity contribution in [1.82, 2.24) is 0 Å². The predicted molar refractivity (Wildman–Crippen MR) is 145 cm³/mol. The number of hydrogen-bond donors (Lipinski definition) is 0. The van der Waals surface area contributed by atoms with Crippen molar-refractivity contribution in [1.29, 1.82) is 0 Å². The van der Waals surface area contributed by atoms with E-state index in [-0.39, 0.29) is 35.9 Å². The summed E-state index contributed by atoms with van der Waals surface area (Å²) in [6.07, 6.45) is 1.85. The number of hydrogen-bond acceptors (Lipinski definition) is 8. The Kier molecular flexibility index (Phi) is 7.22. The van der Waals surface area contributed by atoms with Gasteiger partial charge in [-0.1, -0.05) is 57.2 Å². The first kappa shape index (κ1) is 28.5. The van der Waals surface area contributed by atoms with E-state index in [1.54, 1.807) is 6.92 Å². The zero-order valence-corrected chi connectivity index (χ0v) is 24.2. The van der Waals surface area contributed by atoms with Gasteiger partial charge in [-0.3, -0.25) is 19.2 Å². The van der Waals surface area contributed by atoms with Gasteiger partial charge >= 0.3 is 17.9 Å². The third-order valence-corrected chi connectivity index (χ3v) is 9.71. The fourth-order valence-corrected chi connectivity index (χ4v) is 7.55. The molecule has 3 aliphatic carbocycles. The highest BCUT2D eigenvalue weighted by molar-refractivity contribution is 6.03. The van der Waals surface area contributed by atoms with Gasteiger partial charge in [0.2, 0.25) is 5.78 Å². The lowest BCUT2D eigenvalue weighted by molar-refractivity contribution is -0.190. The number of rotatable bonds is 5. The minimum atomic E-state index is -1.68. The lowest BCUT2D eigenvalue weighted by atomic mass is 9.74. The number of esters is 3. The molecule has 0 bridgehead atoms. The van der Waals surface area contributed by atoms with Crippen LogP contribution in [0.15, 0.2) is 42.0 Å². The maximum Gasteiger partial charge on any atom is 0.310 e. The predicted octanol–water partition coefficient (Wildman–Crippen LogP) is 4.38. The number of Topliss-reactive ketones (excluding diaryl/α,β-unsaturated/α-hetero) is 1. The summed E-state index contributed by atoms with van der Waals surface area (Å²) in [5.74, 6) is -2.72. The third kappa shape index (κ3) is 5.00. The Morgan fingerprint density at radius 2 is 1.73 bits per heavy atom. The van der Waals surface area contributed by atoms with Crippen LogP contribution in [-0.2, 0) is 44.5 Å². The highest BCUT2D eigenvalue weighted by atomic mass is 16.6. The molecule has 0 radical (unpaired) electrons. The molecule has 2 saturated carbocycles. The van der Waals surface area contributed by atoms with E-state index < -0.39 is 47.2 Å². The topological polar surface area (TPSA) is 108 Å². The van der Waals surface area contributed by atoms with Crippen molar-refractivity contribution in [2.75, 3.05) is 6.61 Å². The molecule has 1 aromatic rings. The van der Waals surface area contributed by atoms with Crippen LogP contribution in [0.1, 0.15) is 66.4 Å². The minimum Gasteiger partial charge on any atom is -0.461 e. The molecule has 5 rings (SSSR count). The number of ketones is 1. The molecule has 1 spiro atoms. The van der Waals surface area contributed by atoms with E-state index in [0.29, 0.717) is 24.5 Å². The van der Waals surface area contributed by atoms with E-state index in [1.165, 1.54) is 13.8 Å². The van der Waals surface area contributed by atoms with E-state index in [0.717, 1.165) is 12.0 Å². The molecule has 40 heavy (non-hydrogen) atoms. The van der Waals surface area contributed by atoms with Gasteiger partial charge < -0.3 is 18.9 Å². The van der Waals surface area contributed by atoms with Gasteiger partial charge in [0.25, 0.3) is 0 Å². The van der Waals surface area contributed by atoms with E-state index in [4.69, 9.17) is 18.9 Å². The Morgan fingerprint density at radius 3 is 2.33 bits per heavy atom. The van der Waals surface area contributed by atoms with E-state index >= 15 is 0 Å². The van der Waals surface area contributed by atoms with Crippen molar-refractivity contribution in [2.45, 2.75) is 90.6 Å². The summed E-state index contributed by atoms with van der Waals surface area (Å²) >= 11 is 0. The molecule has 8 atom stereocenters. The zero-order valence-electron chi connectivity index (χ0n) is 24.2. The zero-order chi connectivity index (χ0) is 29.0. The second kappa shape index (κ2) is 10.1. The molecule has 8 nitrogen and oxygen atoms in total. The fourth-order valence-electron chi connectivity index (χ4n) is 7.55. The van der Waals surface area contributed by atoms with Gasteiger partial charge in [-0.25, -0.2) is 0 Å². The first-order valence-electron chi connectivity index (χ1n) is 14.3. The van der Waals surface area contributed by atoms with Crippen molar-refractivity contribution in [2.24, 2.45) is 29.1 Å². The lowest BCUT2D eigenvalue weighted by Gasteiger charge is -2.41. The maximum atomic E-state index is 14.5. The number of benzene rings is 1. The number of ether oxygens (including phenoxy) is 4. The Bertz CT molecular complexity index is 1230. The molecule has 1 aromatic carbocycles. The number of allylic oxidation sites excluding steroid dienone is 1. The van der Waals surface area contributed by atoms with Crippen molar-refractivity contribution in [3.05, 3.63) is 47.5 Å². The van der Waals surface area contributed by atoms with E-state index in [2.05, 4.69) is 13.8 Å². The van der Waals surface area contributed by atoms with Crippen LogP contribution < -0.4 is 0 Å². The summed E-state index contributed by atoms with van der Waals surface area (Å²) in [6, 6.07) is 9.25. The molecule has 0 amide bonds. The van der Waals surface area contributed by atoms with Crippen LogP contribution in [0.5, 0.6) is 0 Å². The largest absolute Gasteiger partial charge is 0.461 e. The average molecular weight is 553 g/mol. The average Bonchev–Trinajstić information content (AvgIpc) is 3.73. The summed E-state index contributed by atoms with van der Waals surface area (Å²) in [4.78, 5) is 52.9. The first-order chi connectivity index (χ1) is 18.8. The van der Waals surface area contributed by atoms with Crippen LogP contribution in [0.2, 0.25) is 0 Å². The third-order valence-electron chi connectivity index (χ3n) is 9.71. The number of fused-ring (bicyclic) bond motifs is 2. The van der Waals surface area contributed by atoms with Crippen molar-refractivity contribution < 1.29 is 38.1 Å². The molecule has 216 valence electrons. The minimum absolute atomic E-state index is 0.0141. The monoisotopic (exact) mass is 552 g/mol. The molecule has 8 heteroatoms. The molecule has 1 heterocycles. The Morgan fingerprint density at radius 1 is 1.05 bits per heavy atom. The van der Waals surface area contributed by atoms with Gasteiger partial charge in [0.1, 0.15) is 17.8 Å². The van der Waals surface area contributed by atoms with Crippen LogP contribution in [0.4, 0.5) is 0 Å². The number of epoxide rings is 1. The summed E-state index contributed by atoms with van der Waals surface area (Å²) in [6.45, 7) is 11.0. The van der Waals surface area contributed by atoms with Crippen molar-refractivity contribution >= 4 is 23.7 Å². The maximum absolute atomic E-state index is 14.5. The normalized spacial score (nSPS) is 37.8. The standard InChI is InChI=1S/C32H40O8/c1-18-14-24-23(30(24,5)6)12-13-31(17-37-31)29(38-20(3)33)26-27(39-25(35)15-22-10-8-7-9-11-22)19(2)16-32(26,28(18)36)40-21(4)34/h7-11,14,19,23-24,26-27,29H,12-13,15-17H2,1-6H3/t19-,23-,24-,26+,27-,29-,31+,32-/m1/s1. The van der Waals surface area contributed by atoms with Gasteiger partial charge in [-0.15, -0.1) is 0 Å². The second-order valence-electron chi connectivity index (χ2n) is 12.9. The van der Waals surface area contributed by atoms with Gasteiger partial charge in [0.15, 0.2) is 5.60 Å². The van der Waals surface area contributed by atoms with Gasteiger partial charge in [-0.2, -0.15) is 0 Å². The number of carbonyl (C=O) groups is 4. The van der Waals surface area contributed by atoms with Gasteiger partial charge in [0, 0.05) is 20.3 Å². The molecular weight excluding hydrogens is 512 g/mol. The van der Waals surface area contributed by atoms with E-state index in [1.807, 2.05) is 43.3 Å². The second-order valence-corrected chi connectivity index (χ2v) is 12.9. The lowest BCUT2D eigenvalue weighted by Crippen LogP contribution is -2.58. The summed E-state index contributed by atoms with van der Waals surface area (Å²) in [5, 5.41) is 0. The van der Waals surface area contributed by atoms with Crippen LogP contribution in [0, 0.1) is 29.1 Å². The van der Waals surface area contributed by atoms with E-state index in [9.17, 15) is 19.2 Å². The fraction of sp³-hybridized carbons (Fsp3) is 0.625. The molecule has 1 aliphatic heterocycles. The highest BCUT2D eigenvalue weighted by Gasteiger charge is 2.71. The van der Waals surface area contributed by atoms with Gasteiger partial charge in [0.05, 0.1) is 18.9 Å². The molecular formula is C32H40O8. The highest BCUT2D eigenvalue weighted by Crippen LogP contribution is 2.64. The van der Waals surface area contributed by atoms with Crippen molar-refractivity contribution in [3.63, 3.8) is 0 Å². The molecule has 0 unspecified atom stereocenters. The van der Waals surface area contributed by atoms with Crippen LogP contribution in [0.25, 0.3) is 0 Å². The first-order valence-corrected chi connectivity index (χ1v) is 14.3. The Hall–Kier alpha value is -3.00. The molecule has 0 N–H and O–H groups in total. The summed E-state index contributed by atoms with van der Waals surface area (Å²) in [5.41, 5.74) is -1.22.